The van der Waals surface area contributed by atoms with E-state index >= 15 is 0 Å². The summed E-state index contributed by atoms with van der Waals surface area (Å²) in [6.45, 7) is 1.13. The third-order valence-electron chi connectivity index (χ3n) is 4.05. The zero-order valence-corrected chi connectivity index (χ0v) is 14.0. The predicted molar refractivity (Wildman–Crippen MR) is 85.2 cm³/mol. The largest absolute Gasteiger partial charge is 0.481 e. The Balaban J connectivity index is 4.72. The van der Waals surface area contributed by atoms with Crippen LogP contribution in [0.3, 0.4) is 0 Å². The first-order valence-electron chi connectivity index (χ1n) is 8.34. The van der Waals surface area contributed by atoms with Crippen molar-refractivity contribution in [2.75, 3.05) is 6.61 Å². The highest BCUT2D eigenvalue weighted by molar-refractivity contribution is 5.85. The van der Waals surface area contributed by atoms with Crippen LogP contribution < -0.4 is 0 Å². The van der Waals surface area contributed by atoms with Crippen LogP contribution in [-0.2, 0) is 9.59 Å². The van der Waals surface area contributed by atoms with Gasteiger partial charge in [-0.1, -0.05) is 26.2 Å². The van der Waals surface area contributed by atoms with Crippen molar-refractivity contribution in [2.45, 2.75) is 76.3 Å². The molecule has 0 aromatic rings. The molecule has 0 rings (SSSR count). The van der Waals surface area contributed by atoms with E-state index in [0.29, 0.717) is 25.7 Å². The van der Waals surface area contributed by atoms with Gasteiger partial charge in [-0.3, -0.25) is 9.59 Å². The number of carbonyl (C=O) groups excluding carboxylic acids is 1. The molecule has 6 N–H and O–H groups in total. The normalized spacial score (nSPS) is 17.8. The van der Waals surface area contributed by atoms with Gasteiger partial charge in [-0.05, 0) is 19.3 Å². The van der Waals surface area contributed by atoms with Crippen LogP contribution in [0, 0.1) is 5.92 Å². The van der Waals surface area contributed by atoms with Gasteiger partial charge in [0.2, 0.25) is 0 Å². The molecule has 5 atom stereocenters. The van der Waals surface area contributed by atoms with Gasteiger partial charge in [0, 0.05) is 12.3 Å². The van der Waals surface area contributed by atoms with Gasteiger partial charge in [0.25, 0.3) is 0 Å². The molecule has 0 saturated carbocycles. The Morgan fingerprint density at radius 1 is 0.917 bits per heavy atom. The second-order valence-corrected chi connectivity index (χ2v) is 6.06. The van der Waals surface area contributed by atoms with E-state index in [2.05, 4.69) is 0 Å². The van der Waals surface area contributed by atoms with Crippen molar-refractivity contribution < 1.29 is 40.2 Å². The molecule has 8 nitrogen and oxygen atoms in total. The van der Waals surface area contributed by atoms with Gasteiger partial charge in [-0.25, -0.2) is 0 Å². The number of aliphatic carboxylic acids is 1. The number of unbranched alkanes of at least 4 members (excludes halogenated alkanes) is 2. The molecule has 0 aliphatic carbocycles. The van der Waals surface area contributed by atoms with Crippen LogP contribution >= 0.6 is 0 Å². The molecular formula is C16H30O8. The van der Waals surface area contributed by atoms with Crippen LogP contribution in [-0.4, -0.2) is 73.4 Å². The zero-order chi connectivity index (χ0) is 18.7. The first-order valence-corrected chi connectivity index (χ1v) is 8.34. The maximum absolute atomic E-state index is 12.4. The third-order valence-corrected chi connectivity index (χ3v) is 4.05. The van der Waals surface area contributed by atoms with Crippen molar-refractivity contribution in [1.29, 1.82) is 0 Å². The van der Waals surface area contributed by atoms with E-state index in [-0.39, 0.29) is 6.42 Å². The summed E-state index contributed by atoms with van der Waals surface area (Å²) < 4.78 is 0. The highest BCUT2D eigenvalue weighted by Crippen LogP contribution is 2.21. The van der Waals surface area contributed by atoms with Crippen LogP contribution in [0.25, 0.3) is 0 Å². The Kier molecular flexibility index (Phi) is 11.8. The van der Waals surface area contributed by atoms with E-state index in [4.69, 9.17) is 10.2 Å². The molecular weight excluding hydrogens is 320 g/mol. The van der Waals surface area contributed by atoms with E-state index in [1.807, 2.05) is 6.92 Å². The van der Waals surface area contributed by atoms with Gasteiger partial charge in [-0.2, -0.15) is 0 Å². The lowest BCUT2D eigenvalue weighted by Gasteiger charge is -2.27. The Labute approximate surface area is 141 Å². The van der Waals surface area contributed by atoms with E-state index in [9.17, 15) is 30.0 Å². The van der Waals surface area contributed by atoms with E-state index in [1.165, 1.54) is 0 Å². The number of hydrogen-bond acceptors (Lipinski definition) is 7. The summed E-state index contributed by atoms with van der Waals surface area (Å²) in [6.07, 6.45) is -3.91. The summed E-state index contributed by atoms with van der Waals surface area (Å²) in [5, 5.41) is 56.0. The average Bonchev–Trinajstić information content (AvgIpc) is 2.57. The summed E-state index contributed by atoms with van der Waals surface area (Å²) in [5.41, 5.74) is 0. The number of carboxylic acids is 1. The Hall–Kier alpha value is -1.06. The van der Waals surface area contributed by atoms with E-state index in [0.717, 1.165) is 12.8 Å². The first-order chi connectivity index (χ1) is 11.3. The van der Waals surface area contributed by atoms with Crippen LogP contribution in [0.15, 0.2) is 0 Å². The molecule has 0 saturated heterocycles. The number of carboxylic acid groups (broad SMARTS) is 1. The molecule has 0 aromatic carbocycles. The van der Waals surface area contributed by atoms with Gasteiger partial charge in [0.05, 0.1) is 6.61 Å². The summed E-state index contributed by atoms with van der Waals surface area (Å²) in [5.74, 6) is -2.11. The highest BCUT2D eigenvalue weighted by atomic mass is 16.4. The lowest BCUT2D eigenvalue weighted by Crippen LogP contribution is -2.50. The molecule has 0 aliphatic heterocycles. The summed E-state index contributed by atoms with van der Waals surface area (Å²) in [6, 6.07) is 0. The fraction of sp³-hybridized carbons (Fsp3) is 0.875. The van der Waals surface area contributed by atoms with E-state index in [1.54, 1.807) is 0 Å². The number of Topliss-reactive ketones (excluding diaryl/α,β-unsaturated/α-hetero) is 1. The molecule has 0 bridgehead atoms. The van der Waals surface area contributed by atoms with Crippen molar-refractivity contribution in [1.82, 2.24) is 0 Å². The molecule has 24 heavy (non-hydrogen) atoms. The topological polar surface area (TPSA) is 156 Å². The lowest BCUT2D eigenvalue weighted by molar-refractivity contribution is -0.151. The third kappa shape index (κ3) is 8.16. The Bertz CT molecular complexity index is 373. The van der Waals surface area contributed by atoms with Crippen LogP contribution in [0.2, 0.25) is 0 Å². The quantitative estimate of drug-likeness (QED) is 0.228. The Morgan fingerprint density at radius 2 is 1.50 bits per heavy atom. The summed E-state index contributed by atoms with van der Waals surface area (Å²) in [4.78, 5) is 22.9. The molecule has 0 spiro atoms. The molecule has 142 valence electrons. The van der Waals surface area contributed by atoms with Crippen molar-refractivity contribution >= 4 is 11.8 Å². The second-order valence-electron chi connectivity index (χ2n) is 6.06. The minimum Gasteiger partial charge on any atom is -0.481 e. The van der Waals surface area contributed by atoms with Crippen molar-refractivity contribution in [3.05, 3.63) is 0 Å². The SMILES string of the molecule is CCCCC(CCCCC(=O)O)C(=O)[C@H](O)[C@@H](O)[C@H](O)[C@H](O)CO. The molecule has 0 heterocycles. The molecule has 0 aliphatic rings. The van der Waals surface area contributed by atoms with Crippen molar-refractivity contribution in [3.8, 4) is 0 Å². The predicted octanol–water partition coefficient (Wildman–Crippen LogP) is -0.557. The maximum Gasteiger partial charge on any atom is 0.303 e. The van der Waals surface area contributed by atoms with E-state index < -0.39 is 48.7 Å². The van der Waals surface area contributed by atoms with Gasteiger partial charge < -0.3 is 30.6 Å². The smallest absolute Gasteiger partial charge is 0.303 e. The molecule has 0 amide bonds. The zero-order valence-electron chi connectivity index (χ0n) is 14.0. The fourth-order valence-corrected chi connectivity index (χ4v) is 2.48. The molecule has 0 aromatic heterocycles. The molecule has 0 radical (unpaired) electrons. The van der Waals surface area contributed by atoms with Gasteiger partial charge >= 0.3 is 5.97 Å². The standard InChI is InChI=1S/C16H30O8/c1-2-3-6-10(7-4-5-8-12(19)20)13(21)15(23)16(24)14(22)11(18)9-17/h10-11,14-18,22-24H,2-9H2,1H3,(H,19,20)/t10?,11-,14-,15+,16+/m1/s1. The highest BCUT2D eigenvalue weighted by Gasteiger charge is 2.36. The Morgan fingerprint density at radius 3 is 2.00 bits per heavy atom. The maximum atomic E-state index is 12.4. The number of hydrogen-bond donors (Lipinski definition) is 6. The molecule has 1 unspecified atom stereocenters. The minimum atomic E-state index is -1.90. The van der Waals surface area contributed by atoms with Crippen LogP contribution in [0.4, 0.5) is 0 Å². The first kappa shape index (κ1) is 22.9. The second kappa shape index (κ2) is 12.3. The van der Waals surface area contributed by atoms with Crippen molar-refractivity contribution in [3.63, 3.8) is 0 Å². The lowest BCUT2D eigenvalue weighted by atomic mass is 9.86. The number of ketones is 1. The number of aliphatic hydroxyl groups is 5. The van der Waals surface area contributed by atoms with Gasteiger partial charge in [0.1, 0.15) is 24.4 Å². The monoisotopic (exact) mass is 350 g/mol. The fourth-order valence-electron chi connectivity index (χ4n) is 2.48. The molecule has 0 fully saturated rings. The number of carbonyl (C=O) groups is 2. The van der Waals surface area contributed by atoms with Crippen LogP contribution in [0.5, 0.6) is 0 Å². The minimum absolute atomic E-state index is 0.00126. The van der Waals surface area contributed by atoms with Gasteiger partial charge in [0.15, 0.2) is 5.78 Å². The van der Waals surface area contributed by atoms with Crippen LogP contribution in [0.1, 0.15) is 51.9 Å². The summed E-state index contributed by atoms with van der Waals surface area (Å²) >= 11 is 0. The number of aliphatic hydroxyl groups excluding tert-OH is 5. The molecule has 8 heteroatoms. The average molecular weight is 350 g/mol. The number of rotatable bonds is 14. The summed E-state index contributed by atoms with van der Waals surface area (Å²) in [7, 11) is 0. The van der Waals surface area contributed by atoms with Crippen molar-refractivity contribution in [2.24, 2.45) is 5.92 Å². The van der Waals surface area contributed by atoms with Gasteiger partial charge in [-0.15, -0.1) is 0 Å².